The molecule has 90 valence electrons. The van der Waals surface area contributed by atoms with Gasteiger partial charge in [0.2, 0.25) is 0 Å². The van der Waals surface area contributed by atoms with Gasteiger partial charge >= 0.3 is 13.6 Å². The molecule has 0 aliphatic carbocycles. The summed E-state index contributed by atoms with van der Waals surface area (Å²) in [5.41, 5.74) is 0.829. The van der Waals surface area contributed by atoms with Crippen LogP contribution >= 0.6 is 8.03 Å². The van der Waals surface area contributed by atoms with Crippen LogP contribution in [0.2, 0.25) is 0 Å². The van der Waals surface area contributed by atoms with Gasteiger partial charge < -0.3 is 0 Å². The molecule has 0 N–H and O–H groups in total. The Bertz CT molecular complexity index is 537. The minimum Gasteiger partial charge on any atom is -0.231 e. The standard InChI is InChI=1S/C14H12O3P/c15-14(13-9-5-2-6-10-13)18(16)17-11-12-7-3-1-4-8-12/h1-10H,11H2/q+1. The number of carbonyl (C=O) groups is 1. The van der Waals surface area contributed by atoms with Crippen molar-refractivity contribution in [2.75, 3.05) is 0 Å². The summed E-state index contributed by atoms with van der Waals surface area (Å²) in [6.45, 7) is 0.175. The van der Waals surface area contributed by atoms with Crippen molar-refractivity contribution in [1.82, 2.24) is 0 Å². The van der Waals surface area contributed by atoms with Crippen LogP contribution in [0.1, 0.15) is 15.9 Å². The Labute approximate surface area is 106 Å². The van der Waals surface area contributed by atoms with Crippen molar-refractivity contribution in [2.24, 2.45) is 0 Å². The van der Waals surface area contributed by atoms with Crippen LogP contribution in [0.15, 0.2) is 60.7 Å². The summed E-state index contributed by atoms with van der Waals surface area (Å²) in [6, 6.07) is 17.8. The molecule has 0 fully saturated rings. The molecule has 1 atom stereocenters. The lowest BCUT2D eigenvalue weighted by Gasteiger charge is -1.94. The highest BCUT2D eigenvalue weighted by molar-refractivity contribution is 7.60. The molecule has 0 saturated carbocycles. The quantitative estimate of drug-likeness (QED) is 0.767. The molecular formula is C14H12O3P+. The largest absolute Gasteiger partial charge is 0.593 e. The summed E-state index contributed by atoms with van der Waals surface area (Å²) in [5.74, 6) is 0. The lowest BCUT2D eigenvalue weighted by Crippen LogP contribution is -1.95. The maximum atomic E-state index is 11.8. The molecule has 2 aromatic rings. The van der Waals surface area contributed by atoms with Gasteiger partial charge in [0.1, 0.15) is 6.61 Å². The Hall–Kier alpha value is -1.83. The van der Waals surface area contributed by atoms with Gasteiger partial charge in [-0.1, -0.05) is 48.5 Å². The van der Waals surface area contributed by atoms with Crippen LogP contribution in [0.25, 0.3) is 0 Å². The first-order valence-electron chi connectivity index (χ1n) is 5.51. The second-order valence-corrected chi connectivity index (χ2v) is 4.87. The molecule has 4 heteroatoms. The number of benzene rings is 2. The summed E-state index contributed by atoms with van der Waals surface area (Å²) in [4.78, 5) is 11.8. The Balaban J connectivity index is 1.95. The van der Waals surface area contributed by atoms with Gasteiger partial charge in [0.15, 0.2) is 0 Å². The molecule has 1 unspecified atom stereocenters. The van der Waals surface area contributed by atoms with Crippen LogP contribution in [0.4, 0.5) is 0 Å². The van der Waals surface area contributed by atoms with E-state index in [1.807, 2.05) is 30.3 Å². The van der Waals surface area contributed by atoms with E-state index in [9.17, 15) is 9.36 Å². The van der Waals surface area contributed by atoms with Gasteiger partial charge in [-0.25, -0.2) is 4.79 Å². The maximum Gasteiger partial charge on any atom is 0.593 e. The van der Waals surface area contributed by atoms with Crippen molar-refractivity contribution in [3.8, 4) is 0 Å². The van der Waals surface area contributed by atoms with Gasteiger partial charge in [0.05, 0.1) is 5.56 Å². The van der Waals surface area contributed by atoms with E-state index in [0.29, 0.717) is 5.56 Å². The van der Waals surface area contributed by atoms with E-state index in [4.69, 9.17) is 4.52 Å². The number of carbonyl (C=O) groups excluding carboxylic acids is 1. The Morgan fingerprint density at radius 1 is 0.944 bits per heavy atom. The molecule has 0 heterocycles. The summed E-state index contributed by atoms with van der Waals surface area (Å²) in [7, 11) is -2.33. The predicted octanol–water partition coefficient (Wildman–Crippen LogP) is 3.79. The van der Waals surface area contributed by atoms with Gasteiger partial charge in [-0.15, -0.1) is 4.52 Å². The smallest absolute Gasteiger partial charge is 0.231 e. The fraction of sp³-hybridized carbons (Fsp3) is 0.0714. The lowest BCUT2D eigenvalue weighted by atomic mass is 10.2. The normalized spacial score (nSPS) is 11.0. The van der Waals surface area contributed by atoms with Crippen LogP contribution in [0, 0.1) is 0 Å². The Morgan fingerprint density at radius 3 is 2.11 bits per heavy atom. The first-order chi connectivity index (χ1) is 8.77. The highest BCUT2D eigenvalue weighted by atomic mass is 31.1. The summed E-state index contributed by atoms with van der Waals surface area (Å²) in [6.07, 6.45) is 0. The summed E-state index contributed by atoms with van der Waals surface area (Å²) < 4.78 is 16.8. The minimum atomic E-state index is -2.33. The molecular weight excluding hydrogens is 247 g/mol. The molecule has 3 nitrogen and oxygen atoms in total. The van der Waals surface area contributed by atoms with Gasteiger partial charge in [0, 0.05) is 0 Å². The highest BCUT2D eigenvalue weighted by Crippen LogP contribution is 2.29. The van der Waals surface area contributed by atoms with Crippen molar-refractivity contribution in [3.05, 3.63) is 71.8 Å². The number of rotatable bonds is 5. The van der Waals surface area contributed by atoms with E-state index in [1.165, 1.54) is 0 Å². The monoisotopic (exact) mass is 259 g/mol. The van der Waals surface area contributed by atoms with E-state index in [0.717, 1.165) is 5.56 Å². The fourth-order valence-electron chi connectivity index (χ4n) is 1.45. The van der Waals surface area contributed by atoms with Crippen LogP contribution < -0.4 is 0 Å². The number of hydrogen-bond acceptors (Lipinski definition) is 3. The Morgan fingerprint density at radius 2 is 1.50 bits per heavy atom. The van der Waals surface area contributed by atoms with Crippen molar-refractivity contribution in [1.29, 1.82) is 0 Å². The third-order valence-electron chi connectivity index (χ3n) is 2.38. The molecule has 2 rings (SSSR count). The first kappa shape index (κ1) is 12.6. The summed E-state index contributed by atoms with van der Waals surface area (Å²) in [5, 5.41) is 0. The average molecular weight is 259 g/mol. The average Bonchev–Trinajstić information content (AvgIpc) is 2.46. The van der Waals surface area contributed by atoms with Crippen molar-refractivity contribution in [3.63, 3.8) is 0 Å². The molecule has 0 aromatic heterocycles. The van der Waals surface area contributed by atoms with Crippen molar-refractivity contribution < 1.29 is 13.9 Å². The highest BCUT2D eigenvalue weighted by Gasteiger charge is 2.32. The van der Waals surface area contributed by atoms with Gasteiger partial charge in [0.25, 0.3) is 0 Å². The molecule has 18 heavy (non-hydrogen) atoms. The second kappa shape index (κ2) is 6.20. The molecule has 0 aliphatic rings. The zero-order valence-electron chi connectivity index (χ0n) is 9.65. The summed E-state index contributed by atoms with van der Waals surface area (Å²) >= 11 is 0. The Kier molecular flexibility index (Phi) is 4.35. The minimum absolute atomic E-state index is 0.175. The van der Waals surface area contributed by atoms with Crippen molar-refractivity contribution >= 4 is 13.6 Å². The van der Waals surface area contributed by atoms with E-state index < -0.39 is 13.6 Å². The van der Waals surface area contributed by atoms with E-state index in [2.05, 4.69) is 0 Å². The second-order valence-electron chi connectivity index (χ2n) is 3.69. The predicted molar refractivity (Wildman–Crippen MR) is 69.6 cm³/mol. The van der Waals surface area contributed by atoms with Crippen LogP contribution in [0.5, 0.6) is 0 Å². The topological polar surface area (TPSA) is 43.4 Å². The van der Waals surface area contributed by atoms with Gasteiger partial charge in [-0.05, 0) is 22.3 Å². The van der Waals surface area contributed by atoms with Crippen molar-refractivity contribution in [2.45, 2.75) is 6.61 Å². The lowest BCUT2D eigenvalue weighted by molar-refractivity contribution is 0.105. The third kappa shape index (κ3) is 3.33. The number of hydrogen-bond donors (Lipinski definition) is 0. The van der Waals surface area contributed by atoms with Gasteiger partial charge in [-0.3, -0.25) is 0 Å². The molecule has 2 aromatic carbocycles. The zero-order chi connectivity index (χ0) is 12.8. The SMILES string of the molecule is O=C(c1ccccc1)[P+](=O)OCc1ccccc1. The van der Waals surface area contributed by atoms with E-state index in [-0.39, 0.29) is 6.61 Å². The van der Waals surface area contributed by atoms with Gasteiger partial charge in [-0.2, -0.15) is 0 Å². The first-order valence-corrected chi connectivity index (χ1v) is 6.68. The molecule has 0 aliphatic heterocycles. The zero-order valence-corrected chi connectivity index (χ0v) is 10.5. The third-order valence-corrected chi connectivity index (χ3v) is 3.33. The maximum absolute atomic E-state index is 11.8. The van der Waals surface area contributed by atoms with E-state index >= 15 is 0 Å². The molecule has 0 amide bonds. The van der Waals surface area contributed by atoms with Crippen LogP contribution in [-0.2, 0) is 15.7 Å². The molecule has 0 spiro atoms. The van der Waals surface area contributed by atoms with E-state index in [1.54, 1.807) is 30.3 Å². The molecule has 0 saturated heterocycles. The molecule has 0 radical (unpaired) electrons. The van der Waals surface area contributed by atoms with Crippen LogP contribution in [0.3, 0.4) is 0 Å². The van der Waals surface area contributed by atoms with Crippen LogP contribution in [-0.4, -0.2) is 5.52 Å². The fourth-order valence-corrected chi connectivity index (χ4v) is 2.20. The molecule has 0 bridgehead atoms.